The van der Waals surface area contributed by atoms with Gasteiger partial charge in [0, 0.05) is 39.5 Å². The molecule has 1 unspecified atom stereocenters. The average molecular weight is 500 g/mol. The largest absolute Gasteiger partial charge is 0.372 e. The lowest BCUT2D eigenvalue weighted by molar-refractivity contribution is 0.580. The van der Waals surface area contributed by atoms with Gasteiger partial charge in [0.2, 0.25) is 0 Å². The van der Waals surface area contributed by atoms with Crippen LogP contribution >= 0.6 is 24.0 Å². The highest BCUT2D eigenvalue weighted by Gasteiger charge is 2.10. The maximum atomic E-state index is 13.7. The van der Waals surface area contributed by atoms with Gasteiger partial charge in [-0.25, -0.2) is 12.8 Å². The van der Waals surface area contributed by atoms with Gasteiger partial charge in [0.05, 0.1) is 11.4 Å². The molecule has 0 aliphatic heterocycles. The molecule has 0 aromatic heterocycles. The lowest BCUT2D eigenvalue weighted by Crippen LogP contribution is -2.43. The number of benzene rings is 1. The molecular formula is C17H30FIN4O2S. The Labute approximate surface area is 173 Å². The van der Waals surface area contributed by atoms with E-state index in [1.807, 2.05) is 24.9 Å². The Morgan fingerprint density at radius 3 is 2.58 bits per heavy atom. The summed E-state index contributed by atoms with van der Waals surface area (Å²) in [5.41, 5.74) is 0.583. The van der Waals surface area contributed by atoms with Crippen LogP contribution in [0.25, 0.3) is 0 Å². The molecule has 26 heavy (non-hydrogen) atoms. The maximum absolute atomic E-state index is 13.7. The number of guanidine groups is 1. The second kappa shape index (κ2) is 12.3. The van der Waals surface area contributed by atoms with Crippen LogP contribution in [0.2, 0.25) is 0 Å². The molecule has 1 aromatic carbocycles. The number of rotatable bonds is 9. The van der Waals surface area contributed by atoms with Gasteiger partial charge in [-0.1, -0.05) is 12.1 Å². The second-order valence-corrected chi connectivity index (χ2v) is 8.45. The van der Waals surface area contributed by atoms with Crippen molar-refractivity contribution in [2.45, 2.75) is 25.8 Å². The van der Waals surface area contributed by atoms with Crippen molar-refractivity contribution >= 4 is 45.5 Å². The molecular weight excluding hydrogens is 470 g/mol. The van der Waals surface area contributed by atoms with E-state index in [4.69, 9.17) is 0 Å². The number of nitrogens with one attached hydrogen (secondary N) is 2. The summed E-state index contributed by atoms with van der Waals surface area (Å²) < 4.78 is 36.1. The van der Waals surface area contributed by atoms with E-state index < -0.39 is 9.84 Å². The minimum Gasteiger partial charge on any atom is -0.372 e. The monoisotopic (exact) mass is 500 g/mol. The van der Waals surface area contributed by atoms with Crippen LogP contribution in [0, 0.1) is 5.82 Å². The van der Waals surface area contributed by atoms with Gasteiger partial charge in [-0.3, -0.25) is 4.99 Å². The summed E-state index contributed by atoms with van der Waals surface area (Å²) >= 11 is 0. The van der Waals surface area contributed by atoms with Crippen molar-refractivity contribution in [3.05, 3.63) is 30.1 Å². The lowest BCUT2D eigenvalue weighted by Gasteiger charge is -2.21. The summed E-state index contributed by atoms with van der Waals surface area (Å²) in [5, 5.41) is 6.36. The Morgan fingerprint density at radius 2 is 2.00 bits per heavy atom. The molecule has 0 aliphatic rings. The van der Waals surface area contributed by atoms with Crippen LogP contribution in [0.1, 0.15) is 19.8 Å². The van der Waals surface area contributed by atoms with Gasteiger partial charge in [0.15, 0.2) is 5.96 Å². The fourth-order valence-corrected chi connectivity index (χ4v) is 3.08. The van der Waals surface area contributed by atoms with Crippen LogP contribution in [0.4, 0.5) is 10.1 Å². The SMILES string of the molecule is CN=C(NCCCN(C)c1ccccc1F)NC(C)CCS(C)(=O)=O.I. The molecule has 0 amide bonds. The zero-order valence-corrected chi connectivity index (χ0v) is 19.0. The van der Waals surface area contributed by atoms with Gasteiger partial charge in [-0.05, 0) is 31.9 Å². The smallest absolute Gasteiger partial charge is 0.191 e. The fraction of sp³-hybridized carbons (Fsp3) is 0.588. The third kappa shape index (κ3) is 10.1. The number of hydrogen-bond acceptors (Lipinski definition) is 4. The van der Waals surface area contributed by atoms with Crippen LogP contribution in [-0.4, -0.2) is 59.6 Å². The van der Waals surface area contributed by atoms with Crippen molar-refractivity contribution in [1.29, 1.82) is 0 Å². The quantitative estimate of drug-likeness (QED) is 0.236. The summed E-state index contributed by atoms with van der Waals surface area (Å²) in [6.07, 6.45) is 2.57. The highest BCUT2D eigenvalue weighted by molar-refractivity contribution is 14.0. The molecule has 1 atom stereocenters. The Balaban J connectivity index is 0.00000625. The standard InChI is InChI=1S/C17H29FN4O2S.HI/c1-14(10-13-25(4,23)24)21-17(19-2)20-11-7-12-22(3)16-9-6-5-8-15(16)18;/h5-6,8-9,14H,7,10-13H2,1-4H3,(H2,19,20,21);1H. The first kappa shape index (κ1) is 24.9. The van der Waals surface area contributed by atoms with Crippen molar-refractivity contribution in [2.24, 2.45) is 4.99 Å². The van der Waals surface area contributed by atoms with Crippen molar-refractivity contribution < 1.29 is 12.8 Å². The Kier molecular flexibility index (Phi) is 11.8. The van der Waals surface area contributed by atoms with Crippen molar-refractivity contribution in [2.75, 3.05) is 44.1 Å². The summed E-state index contributed by atoms with van der Waals surface area (Å²) in [4.78, 5) is 6.01. The second-order valence-electron chi connectivity index (χ2n) is 6.19. The molecule has 0 aliphatic carbocycles. The van der Waals surface area contributed by atoms with E-state index in [1.54, 1.807) is 19.2 Å². The lowest BCUT2D eigenvalue weighted by atomic mass is 10.2. The maximum Gasteiger partial charge on any atom is 0.191 e. The minimum absolute atomic E-state index is 0. The Morgan fingerprint density at radius 1 is 1.35 bits per heavy atom. The Bertz CT molecular complexity index is 670. The fourth-order valence-electron chi connectivity index (χ4n) is 2.30. The molecule has 2 N–H and O–H groups in total. The van der Waals surface area contributed by atoms with Crippen LogP contribution in [0.3, 0.4) is 0 Å². The first-order valence-corrected chi connectivity index (χ1v) is 10.4. The van der Waals surface area contributed by atoms with E-state index >= 15 is 0 Å². The minimum atomic E-state index is -2.96. The molecule has 150 valence electrons. The highest BCUT2D eigenvalue weighted by Crippen LogP contribution is 2.16. The first-order valence-electron chi connectivity index (χ1n) is 8.33. The molecule has 1 rings (SSSR count). The van der Waals surface area contributed by atoms with E-state index in [0.717, 1.165) is 6.42 Å². The molecule has 6 nitrogen and oxygen atoms in total. The van der Waals surface area contributed by atoms with E-state index in [0.29, 0.717) is 31.2 Å². The van der Waals surface area contributed by atoms with E-state index in [-0.39, 0.29) is 41.6 Å². The predicted molar refractivity (Wildman–Crippen MR) is 118 cm³/mol. The highest BCUT2D eigenvalue weighted by atomic mass is 127. The Hall–Kier alpha value is -1.10. The van der Waals surface area contributed by atoms with Gasteiger partial charge in [-0.15, -0.1) is 24.0 Å². The number of sulfone groups is 1. The van der Waals surface area contributed by atoms with Gasteiger partial charge in [-0.2, -0.15) is 0 Å². The van der Waals surface area contributed by atoms with Crippen molar-refractivity contribution in [3.63, 3.8) is 0 Å². The predicted octanol–water partition coefficient (Wildman–Crippen LogP) is 2.26. The molecule has 0 radical (unpaired) electrons. The molecule has 9 heteroatoms. The zero-order chi connectivity index (χ0) is 18.9. The first-order chi connectivity index (χ1) is 11.7. The van der Waals surface area contributed by atoms with Crippen LogP contribution in [0.15, 0.2) is 29.3 Å². The number of aliphatic imine (C=N–C) groups is 1. The zero-order valence-electron chi connectivity index (χ0n) is 15.8. The third-order valence-corrected chi connectivity index (χ3v) is 4.73. The number of nitrogens with zero attached hydrogens (tertiary/aromatic N) is 2. The summed E-state index contributed by atoms with van der Waals surface area (Å²) in [6.45, 7) is 3.30. The molecule has 0 saturated heterocycles. The summed E-state index contributed by atoms with van der Waals surface area (Å²) in [7, 11) is 0.572. The van der Waals surface area contributed by atoms with Crippen LogP contribution in [-0.2, 0) is 9.84 Å². The van der Waals surface area contributed by atoms with Gasteiger partial charge < -0.3 is 15.5 Å². The molecule has 1 aromatic rings. The van der Waals surface area contributed by atoms with Crippen LogP contribution < -0.4 is 15.5 Å². The van der Waals surface area contributed by atoms with E-state index in [1.165, 1.54) is 12.3 Å². The third-order valence-electron chi connectivity index (χ3n) is 3.75. The number of halogens is 2. The summed E-state index contributed by atoms with van der Waals surface area (Å²) in [5.74, 6) is 0.552. The number of para-hydroxylation sites is 1. The molecule has 0 spiro atoms. The molecule has 0 fully saturated rings. The number of hydrogen-bond donors (Lipinski definition) is 2. The van der Waals surface area contributed by atoms with E-state index in [2.05, 4.69) is 15.6 Å². The summed E-state index contributed by atoms with van der Waals surface area (Å²) in [6, 6.07) is 6.70. The van der Waals surface area contributed by atoms with Crippen molar-refractivity contribution in [1.82, 2.24) is 10.6 Å². The molecule has 0 saturated carbocycles. The van der Waals surface area contributed by atoms with Crippen molar-refractivity contribution in [3.8, 4) is 0 Å². The molecule has 0 bridgehead atoms. The average Bonchev–Trinajstić information content (AvgIpc) is 2.55. The van der Waals surface area contributed by atoms with Gasteiger partial charge in [0.1, 0.15) is 15.7 Å². The van der Waals surface area contributed by atoms with Crippen LogP contribution in [0.5, 0.6) is 0 Å². The van der Waals surface area contributed by atoms with Gasteiger partial charge in [0.25, 0.3) is 0 Å². The van der Waals surface area contributed by atoms with E-state index in [9.17, 15) is 12.8 Å². The van der Waals surface area contributed by atoms with Gasteiger partial charge >= 0.3 is 0 Å². The normalized spacial score (nSPS) is 12.9. The number of anilines is 1. The molecule has 0 heterocycles. The topological polar surface area (TPSA) is 73.8 Å².